The number of nitrogens with zero attached hydrogens (tertiary/aromatic N) is 4. The minimum Gasteiger partial charge on any atom is -0.457 e. The van der Waals surface area contributed by atoms with Crippen LogP contribution in [0.4, 0.5) is 4.79 Å². The summed E-state index contributed by atoms with van der Waals surface area (Å²) in [5.41, 5.74) is -0.326. The molecule has 0 aliphatic rings. The van der Waals surface area contributed by atoms with E-state index in [-0.39, 0.29) is 22.1 Å². The number of rotatable bonds is 3. The van der Waals surface area contributed by atoms with Gasteiger partial charge in [-0.3, -0.25) is 0 Å². The maximum atomic E-state index is 13.0. The lowest BCUT2D eigenvalue weighted by Gasteiger charge is -2.20. The van der Waals surface area contributed by atoms with Gasteiger partial charge in [-0.25, -0.2) is 29.1 Å². The molecule has 1 aromatic carbocycles. The summed E-state index contributed by atoms with van der Waals surface area (Å²) in [6.45, 7) is 10.5. The molecule has 0 saturated heterocycles. The number of hydrogen-bond acceptors (Lipinski definition) is 7. The quantitative estimate of drug-likeness (QED) is 0.300. The summed E-state index contributed by atoms with van der Waals surface area (Å²) in [5.74, 6) is -0.139. The van der Waals surface area contributed by atoms with Crippen molar-refractivity contribution < 1.29 is 19.1 Å². The van der Waals surface area contributed by atoms with Crippen LogP contribution in [0.2, 0.25) is 5.15 Å². The van der Waals surface area contributed by atoms with Gasteiger partial charge in [0.15, 0.2) is 16.6 Å². The fraction of sp³-hybridized carbons (Fsp3) is 0.348. The van der Waals surface area contributed by atoms with Crippen molar-refractivity contribution in [3.8, 4) is 11.4 Å². The molecule has 0 radical (unpaired) electrons. The molecule has 0 saturated carbocycles. The van der Waals surface area contributed by atoms with Gasteiger partial charge in [0.05, 0.1) is 0 Å². The number of carbonyl (C=O) groups excluding carboxylic acids is 2. The first-order valence-corrected chi connectivity index (χ1v) is 10.4. The summed E-state index contributed by atoms with van der Waals surface area (Å²) in [7, 11) is 0. The molecule has 3 rings (SSSR count). The largest absolute Gasteiger partial charge is 0.457 e. The molecule has 2 heterocycles. The third-order valence-corrected chi connectivity index (χ3v) is 4.14. The lowest BCUT2D eigenvalue weighted by Crippen LogP contribution is -2.28. The Bertz CT molecular complexity index is 1190. The van der Waals surface area contributed by atoms with Gasteiger partial charge >= 0.3 is 12.1 Å². The molecule has 0 atom stereocenters. The zero-order chi connectivity index (χ0) is 23.7. The van der Waals surface area contributed by atoms with E-state index in [1.807, 2.05) is 30.3 Å². The second kappa shape index (κ2) is 8.70. The third kappa shape index (κ3) is 5.70. The predicted octanol–water partition coefficient (Wildman–Crippen LogP) is 5.28. The zero-order valence-electron chi connectivity index (χ0n) is 18.8. The molecular formula is C23H25ClN4O4. The molecule has 0 bridgehead atoms. The van der Waals surface area contributed by atoms with Crippen LogP contribution in [-0.2, 0) is 14.3 Å². The number of carbonyl (C=O) groups is 2. The van der Waals surface area contributed by atoms with Crippen LogP contribution in [0.5, 0.6) is 0 Å². The molecule has 0 fully saturated rings. The van der Waals surface area contributed by atoms with E-state index in [2.05, 4.69) is 15.0 Å². The average molecular weight is 457 g/mol. The molecule has 168 valence electrons. The van der Waals surface area contributed by atoms with Crippen molar-refractivity contribution in [2.75, 3.05) is 0 Å². The van der Waals surface area contributed by atoms with Crippen LogP contribution in [0.25, 0.3) is 28.6 Å². The van der Waals surface area contributed by atoms with Crippen LogP contribution >= 0.6 is 11.6 Å². The molecule has 3 aromatic rings. The van der Waals surface area contributed by atoms with E-state index in [1.54, 1.807) is 41.5 Å². The Labute approximate surface area is 191 Å². The molecule has 8 nitrogen and oxygen atoms in total. The monoisotopic (exact) mass is 456 g/mol. The van der Waals surface area contributed by atoms with Crippen LogP contribution in [-0.4, -0.2) is 42.8 Å². The van der Waals surface area contributed by atoms with Crippen LogP contribution in [0.15, 0.2) is 36.4 Å². The summed E-state index contributed by atoms with van der Waals surface area (Å²) in [5, 5.41) is 0.0723. The van der Waals surface area contributed by atoms with Crippen molar-refractivity contribution in [3.05, 3.63) is 47.4 Å². The number of benzene rings is 1. The van der Waals surface area contributed by atoms with Crippen molar-refractivity contribution in [1.29, 1.82) is 0 Å². The van der Waals surface area contributed by atoms with E-state index in [0.717, 1.165) is 5.56 Å². The van der Waals surface area contributed by atoms with Gasteiger partial charge in [-0.1, -0.05) is 41.9 Å². The summed E-state index contributed by atoms with van der Waals surface area (Å²) in [4.78, 5) is 38.4. The Balaban J connectivity index is 2.15. The van der Waals surface area contributed by atoms with E-state index in [1.165, 1.54) is 16.7 Å². The summed E-state index contributed by atoms with van der Waals surface area (Å²) in [6.07, 6.45) is 1.84. The first-order valence-electron chi connectivity index (χ1n) is 10.00. The van der Waals surface area contributed by atoms with Gasteiger partial charge in [0.2, 0.25) is 0 Å². The zero-order valence-corrected chi connectivity index (χ0v) is 19.6. The molecular weight excluding hydrogens is 432 g/mol. The highest BCUT2D eigenvalue weighted by Gasteiger charge is 2.25. The molecule has 0 unspecified atom stereocenters. The van der Waals surface area contributed by atoms with Crippen molar-refractivity contribution >= 4 is 40.9 Å². The Kier molecular flexibility index (Phi) is 6.37. The molecule has 0 aliphatic carbocycles. The van der Waals surface area contributed by atoms with Gasteiger partial charge < -0.3 is 9.47 Å². The van der Waals surface area contributed by atoms with Crippen molar-refractivity contribution in [2.24, 2.45) is 0 Å². The third-order valence-electron chi connectivity index (χ3n) is 3.87. The number of esters is 1. The van der Waals surface area contributed by atoms with Gasteiger partial charge in [-0.15, -0.1) is 0 Å². The van der Waals surface area contributed by atoms with Gasteiger partial charge in [0.1, 0.15) is 22.5 Å². The molecule has 32 heavy (non-hydrogen) atoms. The highest BCUT2D eigenvalue weighted by Crippen LogP contribution is 2.27. The minimum absolute atomic E-state index is 0.0723. The predicted molar refractivity (Wildman–Crippen MR) is 122 cm³/mol. The summed E-state index contributed by atoms with van der Waals surface area (Å²) >= 11 is 6.39. The van der Waals surface area contributed by atoms with Crippen LogP contribution in [0.3, 0.4) is 0 Å². The van der Waals surface area contributed by atoms with Crippen molar-refractivity contribution in [1.82, 2.24) is 19.5 Å². The summed E-state index contributed by atoms with van der Waals surface area (Å²) in [6, 6.07) is 9.21. The number of ether oxygens (including phenoxy) is 2. The first-order chi connectivity index (χ1) is 14.8. The van der Waals surface area contributed by atoms with E-state index in [9.17, 15) is 9.59 Å². The number of aromatic nitrogens is 4. The number of halogens is 1. The average Bonchev–Trinajstić information content (AvgIpc) is 3.03. The second-order valence-electron chi connectivity index (χ2n) is 9.03. The topological polar surface area (TPSA) is 96.2 Å². The van der Waals surface area contributed by atoms with Gasteiger partial charge in [-0.2, -0.15) is 0 Å². The van der Waals surface area contributed by atoms with E-state index in [0.29, 0.717) is 5.82 Å². The van der Waals surface area contributed by atoms with Crippen molar-refractivity contribution in [3.63, 3.8) is 0 Å². The fourth-order valence-electron chi connectivity index (χ4n) is 2.74. The highest BCUT2D eigenvalue weighted by atomic mass is 35.5. The molecule has 2 aromatic heterocycles. The highest BCUT2D eigenvalue weighted by molar-refractivity contribution is 6.33. The Morgan fingerprint density at radius 1 is 0.938 bits per heavy atom. The fourth-order valence-corrected chi connectivity index (χ4v) is 2.94. The second-order valence-corrected chi connectivity index (χ2v) is 9.39. The molecule has 0 spiro atoms. The van der Waals surface area contributed by atoms with E-state index >= 15 is 0 Å². The molecule has 0 aliphatic heterocycles. The smallest absolute Gasteiger partial charge is 0.422 e. The molecule has 0 N–H and O–H groups in total. The number of fused-ring (bicyclic) bond motifs is 1. The lowest BCUT2D eigenvalue weighted by molar-refractivity contribution is -0.148. The Morgan fingerprint density at radius 3 is 2.16 bits per heavy atom. The Morgan fingerprint density at radius 2 is 1.56 bits per heavy atom. The standard InChI is InChI=1S/C23H25ClN4O4/c1-22(2,3)31-16(29)13-12-15-25-17-18(24)26-19(14-10-8-7-9-11-14)27-20(17)28(15)21(30)32-23(4,5)6/h7-13H,1-6H3. The molecule has 9 heteroatoms. The Hall–Kier alpha value is -3.26. The van der Waals surface area contributed by atoms with Gasteiger partial charge in [0.25, 0.3) is 0 Å². The van der Waals surface area contributed by atoms with Gasteiger partial charge in [-0.05, 0) is 47.6 Å². The van der Waals surface area contributed by atoms with Crippen LogP contribution in [0.1, 0.15) is 47.4 Å². The van der Waals surface area contributed by atoms with Crippen LogP contribution in [0, 0.1) is 0 Å². The SMILES string of the molecule is CC(C)(C)OC(=O)C=Cc1nc2c(Cl)nc(-c3ccccc3)nc2n1C(=O)OC(C)(C)C. The normalized spacial score (nSPS) is 12.3. The van der Waals surface area contributed by atoms with E-state index in [4.69, 9.17) is 21.1 Å². The maximum Gasteiger partial charge on any atom is 0.422 e. The van der Waals surface area contributed by atoms with Gasteiger partial charge in [0, 0.05) is 11.6 Å². The number of hydrogen-bond donors (Lipinski definition) is 0. The number of imidazole rings is 1. The molecule has 0 amide bonds. The minimum atomic E-state index is -0.765. The van der Waals surface area contributed by atoms with Crippen LogP contribution < -0.4 is 0 Å². The first kappa shape index (κ1) is 23.4. The summed E-state index contributed by atoms with van der Waals surface area (Å²) < 4.78 is 12.0. The maximum absolute atomic E-state index is 13.0. The van der Waals surface area contributed by atoms with Crippen molar-refractivity contribution in [2.45, 2.75) is 52.7 Å². The lowest BCUT2D eigenvalue weighted by atomic mass is 10.2. The van der Waals surface area contributed by atoms with E-state index < -0.39 is 23.3 Å².